The van der Waals surface area contributed by atoms with Crippen LogP contribution in [0.15, 0.2) is 30.0 Å². The molecule has 0 aliphatic carbocycles. The summed E-state index contributed by atoms with van der Waals surface area (Å²) in [5.41, 5.74) is 2.13. The van der Waals surface area contributed by atoms with Crippen LogP contribution in [0.2, 0.25) is 0 Å². The van der Waals surface area contributed by atoms with E-state index >= 15 is 0 Å². The number of piperidine rings is 1. The zero-order valence-electron chi connectivity index (χ0n) is 16.3. The molecular formula is C20H20N6O3S. The maximum atomic E-state index is 12.4. The van der Waals surface area contributed by atoms with Crippen LogP contribution in [0, 0.1) is 6.92 Å². The highest BCUT2D eigenvalue weighted by Crippen LogP contribution is 2.37. The van der Waals surface area contributed by atoms with Crippen LogP contribution in [0.25, 0.3) is 11.1 Å². The van der Waals surface area contributed by atoms with Crippen LogP contribution >= 0.6 is 11.3 Å². The van der Waals surface area contributed by atoms with Gasteiger partial charge < -0.3 is 15.3 Å². The first kappa shape index (κ1) is 19.9. The minimum absolute atomic E-state index is 0.0211. The fourth-order valence-electron chi connectivity index (χ4n) is 3.43. The van der Waals surface area contributed by atoms with E-state index in [1.54, 1.807) is 11.6 Å². The number of hydrogen-bond acceptors (Lipinski definition) is 8. The molecule has 10 heteroatoms. The van der Waals surface area contributed by atoms with Crippen molar-refractivity contribution in [3.8, 4) is 11.1 Å². The van der Waals surface area contributed by atoms with Gasteiger partial charge in [-0.1, -0.05) is 0 Å². The number of carboxylic acid groups (broad SMARTS) is 1. The molecule has 4 heterocycles. The van der Waals surface area contributed by atoms with Gasteiger partial charge in [-0.2, -0.15) is 10.2 Å². The van der Waals surface area contributed by atoms with Gasteiger partial charge in [-0.15, -0.1) is 11.3 Å². The summed E-state index contributed by atoms with van der Waals surface area (Å²) in [6, 6.07) is 1.51. The quantitative estimate of drug-likeness (QED) is 0.640. The van der Waals surface area contributed by atoms with Crippen molar-refractivity contribution in [1.29, 1.82) is 0 Å². The number of aromatic nitrogens is 4. The third-order valence-corrected chi connectivity index (χ3v) is 5.87. The summed E-state index contributed by atoms with van der Waals surface area (Å²) < 4.78 is 0. The lowest BCUT2D eigenvalue weighted by molar-refractivity contribution is 0.0699. The molecule has 1 aliphatic heterocycles. The molecule has 1 aliphatic rings. The third kappa shape index (κ3) is 3.99. The van der Waals surface area contributed by atoms with Gasteiger partial charge >= 0.3 is 5.97 Å². The number of amides is 1. The van der Waals surface area contributed by atoms with Crippen LogP contribution in [0.5, 0.6) is 0 Å². The number of carboxylic acids is 1. The Bertz CT molecular complexity index is 1080. The van der Waals surface area contributed by atoms with Gasteiger partial charge in [0.15, 0.2) is 0 Å². The van der Waals surface area contributed by atoms with Crippen LogP contribution in [-0.4, -0.2) is 50.2 Å². The summed E-state index contributed by atoms with van der Waals surface area (Å²) in [6.07, 6.45) is 7.84. The second-order valence-corrected chi connectivity index (χ2v) is 7.84. The highest BCUT2D eigenvalue weighted by Gasteiger charge is 2.24. The topological polar surface area (TPSA) is 121 Å². The van der Waals surface area contributed by atoms with E-state index in [-0.39, 0.29) is 10.6 Å². The normalized spacial score (nSPS) is 13.8. The Morgan fingerprint density at radius 3 is 2.60 bits per heavy atom. The van der Waals surface area contributed by atoms with Gasteiger partial charge in [0.05, 0.1) is 23.7 Å². The number of aryl methyl sites for hydroxylation is 1. The fourth-order valence-corrected chi connectivity index (χ4v) is 4.37. The fraction of sp³-hybridized carbons (Fsp3) is 0.300. The van der Waals surface area contributed by atoms with Crippen LogP contribution < -0.4 is 10.2 Å². The smallest absolute Gasteiger partial charge is 0.339 e. The van der Waals surface area contributed by atoms with E-state index in [4.69, 9.17) is 0 Å². The van der Waals surface area contributed by atoms with E-state index in [0.717, 1.165) is 37.3 Å². The van der Waals surface area contributed by atoms with E-state index in [1.165, 1.54) is 24.9 Å². The van der Waals surface area contributed by atoms with Crippen LogP contribution in [0.3, 0.4) is 0 Å². The lowest BCUT2D eigenvalue weighted by atomic mass is 10.0. The largest absolute Gasteiger partial charge is 0.478 e. The van der Waals surface area contributed by atoms with Crippen molar-refractivity contribution in [2.75, 3.05) is 23.3 Å². The summed E-state index contributed by atoms with van der Waals surface area (Å²) in [5.74, 6) is -0.912. The summed E-state index contributed by atoms with van der Waals surface area (Å²) in [7, 11) is 0. The molecule has 1 fully saturated rings. The van der Waals surface area contributed by atoms with Crippen molar-refractivity contribution in [2.45, 2.75) is 26.2 Å². The SMILES string of the molecule is Cc1nc(N2CCCCC2)ncc1-c1csc(NC(=O)c2ccnnc2)c1C(=O)O. The minimum atomic E-state index is -1.13. The van der Waals surface area contributed by atoms with Gasteiger partial charge in [0.25, 0.3) is 5.91 Å². The maximum Gasteiger partial charge on any atom is 0.339 e. The molecule has 2 N–H and O–H groups in total. The molecule has 0 unspecified atom stereocenters. The van der Waals surface area contributed by atoms with E-state index in [0.29, 0.717) is 28.3 Å². The molecule has 30 heavy (non-hydrogen) atoms. The molecule has 3 aromatic heterocycles. The first-order valence-corrected chi connectivity index (χ1v) is 10.4. The highest BCUT2D eigenvalue weighted by molar-refractivity contribution is 7.15. The highest BCUT2D eigenvalue weighted by atomic mass is 32.1. The molecule has 154 valence electrons. The lowest BCUT2D eigenvalue weighted by Crippen LogP contribution is -2.31. The van der Waals surface area contributed by atoms with Gasteiger partial charge in [-0.05, 0) is 32.3 Å². The Kier molecular flexibility index (Phi) is 5.66. The molecule has 0 atom stereocenters. The monoisotopic (exact) mass is 424 g/mol. The van der Waals surface area contributed by atoms with Crippen molar-refractivity contribution in [1.82, 2.24) is 20.2 Å². The molecule has 0 aromatic carbocycles. The summed E-state index contributed by atoms with van der Waals surface area (Å²) in [6.45, 7) is 3.70. The molecule has 0 radical (unpaired) electrons. The Morgan fingerprint density at radius 2 is 1.93 bits per heavy atom. The second kappa shape index (κ2) is 8.54. The Labute approximate surface area is 176 Å². The molecule has 1 amide bonds. The maximum absolute atomic E-state index is 12.4. The van der Waals surface area contributed by atoms with Crippen molar-refractivity contribution in [3.63, 3.8) is 0 Å². The zero-order chi connectivity index (χ0) is 21.1. The van der Waals surface area contributed by atoms with Crippen LogP contribution in [-0.2, 0) is 0 Å². The number of aromatic carboxylic acids is 1. The van der Waals surface area contributed by atoms with E-state index in [1.807, 2.05) is 6.92 Å². The van der Waals surface area contributed by atoms with Crippen LogP contribution in [0.4, 0.5) is 10.9 Å². The number of thiophene rings is 1. The molecule has 0 saturated carbocycles. The molecule has 0 bridgehead atoms. The summed E-state index contributed by atoms with van der Waals surface area (Å²) in [5, 5.41) is 21.7. The molecule has 9 nitrogen and oxygen atoms in total. The average molecular weight is 424 g/mol. The molecule has 1 saturated heterocycles. The summed E-state index contributed by atoms with van der Waals surface area (Å²) in [4.78, 5) is 35.7. The Balaban J connectivity index is 1.64. The number of nitrogens with zero attached hydrogens (tertiary/aromatic N) is 5. The number of rotatable bonds is 5. The second-order valence-electron chi connectivity index (χ2n) is 6.96. The van der Waals surface area contributed by atoms with Gasteiger partial charge in [0, 0.05) is 35.8 Å². The van der Waals surface area contributed by atoms with E-state index in [2.05, 4.69) is 30.4 Å². The molecule has 4 rings (SSSR count). The zero-order valence-corrected chi connectivity index (χ0v) is 17.1. The van der Waals surface area contributed by atoms with Gasteiger partial charge in [0.1, 0.15) is 10.6 Å². The van der Waals surface area contributed by atoms with Gasteiger partial charge in [-0.25, -0.2) is 14.8 Å². The van der Waals surface area contributed by atoms with Crippen LogP contribution in [0.1, 0.15) is 45.7 Å². The number of hydrogen-bond donors (Lipinski definition) is 2. The number of carbonyl (C=O) groups is 2. The Morgan fingerprint density at radius 1 is 1.13 bits per heavy atom. The van der Waals surface area contributed by atoms with E-state index < -0.39 is 11.9 Å². The van der Waals surface area contributed by atoms with Gasteiger partial charge in [-0.3, -0.25) is 4.79 Å². The predicted octanol–water partition coefficient (Wildman–Crippen LogP) is 3.24. The molecular weight excluding hydrogens is 404 g/mol. The van der Waals surface area contributed by atoms with Gasteiger partial charge in [0.2, 0.25) is 5.95 Å². The first-order chi connectivity index (χ1) is 14.5. The Hall–Kier alpha value is -3.40. The predicted molar refractivity (Wildman–Crippen MR) is 113 cm³/mol. The molecule has 0 spiro atoms. The summed E-state index contributed by atoms with van der Waals surface area (Å²) >= 11 is 1.15. The van der Waals surface area contributed by atoms with Crippen molar-refractivity contribution < 1.29 is 14.7 Å². The first-order valence-electron chi connectivity index (χ1n) is 9.56. The standard InChI is InChI=1S/C20H20N6O3S/c1-12-14(10-21-20(24-12)26-7-3-2-4-8-26)15-11-30-18(16(15)19(28)29)25-17(27)13-5-6-22-23-9-13/h5-6,9-11H,2-4,7-8H2,1H3,(H,25,27)(H,28,29). The van der Waals surface area contributed by atoms with Crippen molar-refractivity contribution in [3.05, 3.63) is 46.9 Å². The van der Waals surface area contributed by atoms with Crippen molar-refractivity contribution >= 4 is 34.2 Å². The number of carbonyl (C=O) groups excluding carboxylic acids is 1. The molecule has 3 aromatic rings. The minimum Gasteiger partial charge on any atom is -0.478 e. The van der Waals surface area contributed by atoms with Crippen molar-refractivity contribution in [2.24, 2.45) is 0 Å². The van der Waals surface area contributed by atoms with E-state index in [9.17, 15) is 14.7 Å². The lowest BCUT2D eigenvalue weighted by Gasteiger charge is -2.26. The number of anilines is 2. The number of nitrogens with one attached hydrogen (secondary N) is 1. The third-order valence-electron chi connectivity index (χ3n) is 4.97. The average Bonchev–Trinajstić information content (AvgIpc) is 3.18.